The van der Waals surface area contributed by atoms with Crippen LogP contribution in [0.5, 0.6) is 0 Å². The van der Waals surface area contributed by atoms with Crippen LogP contribution in [-0.4, -0.2) is 18.3 Å². The molecule has 0 bridgehead atoms. The Labute approximate surface area is 59.6 Å². The van der Waals surface area contributed by atoms with E-state index < -0.39 is 0 Å². The topological polar surface area (TPSA) is 86.9 Å². The molecule has 0 atom stereocenters. The third kappa shape index (κ3) is 4.89. The van der Waals surface area contributed by atoms with Gasteiger partial charge in [0.1, 0.15) is 5.84 Å². The van der Waals surface area contributed by atoms with E-state index in [1.807, 2.05) is 6.92 Å². The van der Waals surface area contributed by atoms with Gasteiger partial charge in [-0.1, -0.05) is 0 Å². The van der Waals surface area contributed by atoms with Crippen LogP contribution in [-0.2, 0) is 0 Å². The van der Waals surface area contributed by atoms with Crippen LogP contribution in [0.1, 0.15) is 13.8 Å². The summed E-state index contributed by atoms with van der Waals surface area (Å²) in [6, 6.07) is 0. The Kier molecular flexibility index (Phi) is 4.02. The standard InChI is InChI=1S/C5H11N5/c1-3-8-5(7)10-9-4(2)6/h6H,3H2,1-2H3,(H2,7,8). The zero-order chi connectivity index (χ0) is 7.98. The van der Waals surface area contributed by atoms with Crippen LogP contribution in [0.3, 0.4) is 0 Å². The Morgan fingerprint density at radius 3 is 2.50 bits per heavy atom. The Bertz CT molecular complexity index is 169. The van der Waals surface area contributed by atoms with Gasteiger partial charge in [-0.25, -0.2) is 0 Å². The van der Waals surface area contributed by atoms with Crippen LogP contribution < -0.4 is 5.73 Å². The molecule has 0 aromatic carbocycles. The van der Waals surface area contributed by atoms with Crippen LogP contribution in [0, 0.1) is 5.41 Å². The smallest absolute Gasteiger partial charge is 0.235 e. The van der Waals surface area contributed by atoms with Crippen LogP contribution in [0.4, 0.5) is 0 Å². The second-order valence-electron chi connectivity index (χ2n) is 1.62. The average molecular weight is 141 g/mol. The number of hydrogen-bond acceptors (Lipinski definition) is 2. The van der Waals surface area contributed by atoms with Crippen LogP contribution in [0.15, 0.2) is 15.2 Å². The maximum Gasteiger partial charge on any atom is 0.235 e. The van der Waals surface area contributed by atoms with E-state index >= 15 is 0 Å². The van der Waals surface area contributed by atoms with Crippen LogP contribution in [0.2, 0.25) is 0 Å². The fourth-order valence-electron chi connectivity index (χ4n) is 0.320. The van der Waals surface area contributed by atoms with Gasteiger partial charge in [-0.2, -0.15) is 0 Å². The van der Waals surface area contributed by atoms with E-state index in [-0.39, 0.29) is 11.8 Å². The molecule has 0 radical (unpaired) electrons. The molecule has 5 heteroatoms. The number of amidine groups is 1. The Morgan fingerprint density at radius 1 is 1.50 bits per heavy atom. The summed E-state index contributed by atoms with van der Waals surface area (Å²) in [4.78, 5) is 3.73. The highest BCUT2D eigenvalue weighted by Crippen LogP contribution is 1.78. The van der Waals surface area contributed by atoms with E-state index in [1.54, 1.807) is 0 Å². The lowest BCUT2D eigenvalue weighted by atomic mass is 10.7. The van der Waals surface area contributed by atoms with E-state index in [1.165, 1.54) is 6.92 Å². The fourth-order valence-corrected chi connectivity index (χ4v) is 0.320. The first-order valence-corrected chi connectivity index (χ1v) is 2.93. The summed E-state index contributed by atoms with van der Waals surface area (Å²) < 4.78 is 0. The Balaban J connectivity index is 3.89. The number of hydrogen-bond donors (Lipinski definition) is 2. The zero-order valence-electron chi connectivity index (χ0n) is 6.13. The molecule has 0 saturated heterocycles. The van der Waals surface area contributed by atoms with Gasteiger partial charge in [0.2, 0.25) is 5.96 Å². The van der Waals surface area contributed by atoms with E-state index in [2.05, 4.69) is 15.2 Å². The summed E-state index contributed by atoms with van der Waals surface area (Å²) in [6.45, 7) is 3.95. The second kappa shape index (κ2) is 4.60. The van der Waals surface area contributed by atoms with Gasteiger partial charge < -0.3 is 5.73 Å². The normalized spacial score (nSPS) is 12.4. The van der Waals surface area contributed by atoms with Gasteiger partial charge in [0.15, 0.2) is 0 Å². The van der Waals surface area contributed by atoms with Crippen molar-refractivity contribution in [2.45, 2.75) is 13.8 Å². The molecule has 0 amide bonds. The summed E-state index contributed by atoms with van der Waals surface area (Å²) in [5.41, 5.74) is 5.23. The van der Waals surface area contributed by atoms with Crippen LogP contribution in [0.25, 0.3) is 0 Å². The molecule has 0 rings (SSSR count). The zero-order valence-corrected chi connectivity index (χ0v) is 6.13. The van der Waals surface area contributed by atoms with Gasteiger partial charge in [0, 0.05) is 6.54 Å². The molecule has 0 fully saturated rings. The van der Waals surface area contributed by atoms with Crippen molar-refractivity contribution in [3.05, 3.63) is 0 Å². The number of nitrogens with one attached hydrogen (secondary N) is 1. The molecule has 0 aliphatic heterocycles. The Hall–Kier alpha value is -1.26. The highest BCUT2D eigenvalue weighted by molar-refractivity contribution is 5.82. The summed E-state index contributed by atoms with van der Waals surface area (Å²) in [5.74, 6) is 0.239. The first kappa shape index (κ1) is 8.74. The number of nitrogens with two attached hydrogens (primary N) is 1. The molecular formula is C5H11N5. The van der Waals surface area contributed by atoms with Crippen molar-refractivity contribution in [2.75, 3.05) is 6.54 Å². The van der Waals surface area contributed by atoms with Crippen molar-refractivity contribution in [1.82, 2.24) is 0 Å². The number of guanidine groups is 1. The Morgan fingerprint density at radius 2 is 2.10 bits per heavy atom. The molecular weight excluding hydrogens is 130 g/mol. The molecule has 56 valence electrons. The first-order chi connectivity index (χ1) is 4.66. The minimum absolute atomic E-state index is 0.120. The van der Waals surface area contributed by atoms with Gasteiger partial charge in [-0.3, -0.25) is 10.4 Å². The third-order valence-corrected chi connectivity index (χ3v) is 0.623. The van der Waals surface area contributed by atoms with Crippen molar-refractivity contribution >= 4 is 11.8 Å². The van der Waals surface area contributed by atoms with Crippen LogP contribution >= 0.6 is 0 Å². The molecule has 5 nitrogen and oxygen atoms in total. The van der Waals surface area contributed by atoms with E-state index in [4.69, 9.17) is 11.1 Å². The molecule has 0 aliphatic rings. The fraction of sp³-hybridized carbons (Fsp3) is 0.600. The largest absolute Gasteiger partial charge is 0.367 e. The number of rotatable bonds is 1. The van der Waals surface area contributed by atoms with Gasteiger partial charge >= 0.3 is 0 Å². The maximum atomic E-state index is 6.85. The minimum Gasteiger partial charge on any atom is -0.367 e. The molecule has 0 unspecified atom stereocenters. The lowest BCUT2D eigenvalue weighted by molar-refractivity contribution is 1.10. The predicted octanol–water partition coefficient (Wildman–Crippen LogP) is 0.770. The summed E-state index contributed by atoms with van der Waals surface area (Å²) in [7, 11) is 0. The van der Waals surface area contributed by atoms with Crippen molar-refractivity contribution in [2.24, 2.45) is 21.0 Å². The molecule has 0 aromatic rings. The average Bonchev–Trinajstić information content (AvgIpc) is 1.85. The quantitative estimate of drug-likeness (QED) is 0.315. The highest BCUT2D eigenvalue weighted by atomic mass is 15.2. The number of azo groups is 1. The third-order valence-electron chi connectivity index (χ3n) is 0.623. The molecule has 10 heavy (non-hydrogen) atoms. The van der Waals surface area contributed by atoms with E-state index in [0.717, 1.165) is 0 Å². The van der Waals surface area contributed by atoms with Gasteiger partial charge in [0.25, 0.3) is 0 Å². The summed E-state index contributed by atoms with van der Waals surface area (Å²) >= 11 is 0. The van der Waals surface area contributed by atoms with Gasteiger partial charge in [-0.05, 0) is 13.8 Å². The van der Waals surface area contributed by atoms with E-state index in [0.29, 0.717) is 6.54 Å². The molecule has 0 aliphatic carbocycles. The minimum atomic E-state index is 0.120. The summed E-state index contributed by atoms with van der Waals surface area (Å²) in [6.07, 6.45) is 0. The summed E-state index contributed by atoms with van der Waals surface area (Å²) in [5, 5.41) is 13.7. The lowest BCUT2D eigenvalue weighted by Crippen LogP contribution is -2.07. The van der Waals surface area contributed by atoms with Crippen molar-refractivity contribution < 1.29 is 0 Å². The molecule has 0 spiro atoms. The van der Waals surface area contributed by atoms with Gasteiger partial charge in [0.05, 0.1) is 0 Å². The first-order valence-electron chi connectivity index (χ1n) is 2.93. The predicted molar refractivity (Wildman–Crippen MR) is 40.4 cm³/mol. The maximum absolute atomic E-state index is 6.85. The van der Waals surface area contributed by atoms with Gasteiger partial charge in [-0.15, -0.1) is 10.2 Å². The second-order valence-corrected chi connectivity index (χ2v) is 1.62. The van der Waals surface area contributed by atoms with E-state index in [9.17, 15) is 0 Å². The SMILES string of the molecule is CCN=C(N)N=NC(C)=N. The molecule has 3 N–H and O–H groups in total. The molecule has 0 saturated carbocycles. The monoisotopic (exact) mass is 141 g/mol. The number of aliphatic imine (C=N–C) groups is 1. The van der Waals surface area contributed by atoms with Crippen molar-refractivity contribution in [1.29, 1.82) is 5.41 Å². The van der Waals surface area contributed by atoms with Crippen molar-refractivity contribution in [3.8, 4) is 0 Å². The number of nitrogens with zero attached hydrogens (tertiary/aromatic N) is 3. The highest BCUT2D eigenvalue weighted by Gasteiger charge is 1.83. The molecule has 0 aromatic heterocycles. The molecule has 0 heterocycles. The van der Waals surface area contributed by atoms with Crippen molar-refractivity contribution in [3.63, 3.8) is 0 Å². The lowest BCUT2D eigenvalue weighted by Gasteiger charge is -1.86.